The number of anilines is 1. The topological polar surface area (TPSA) is 141 Å². The Balaban J connectivity index is 2.45. The lowest BCUT2D eigenvalue weighted by Gasteiger charge is -2.09. The molecule has 0 aliphatic rings. The third kappa shape index (κ3) is 2.39. The molecular formula is C13H10N4O5S. The molecule has 23 heavy (non-hydrogen) atoms. The van der Waals surface area contributed by atoms with E-state index >= 15 is 0 Å². The highest BCUT2D eigenvalue weighted by molar-refractivity contribution is 7.86. The standard InChI is InChI=1S/C13H10N4O5S/c14-13-15-8-4-1-2-5-9(8)16(13)10-6-3-7-11(23(20,21)22)12(10)17(18)19/h1-7H,(H2,14,15)(H,20,21,22). The highest BCUT2D eigenvalue weighted by Crippen LogP contribution is 2.34. The summed E-state index contributed by atoms with van der Waals surface area (Å²) in [5.41, 5.74) is 5.93. The third-order valence-corrected chi connectivity index (χ3v) is 4.15. The van der Waals surface area contributed by atoms with E-state index in [9.17, 15) is 23.1 Å². The summed E-state index contributed by atoms with van der Waals surface area (Å²) < 4.78 is 33.3. The van der Waals surface area contributed by atoms with E-state index in [1.54, 1.807) is 24.3 Å². The summed E-state index contributed by atoms with van der Waals surface area (Å²) in [6.07, 6.45) is 0. The monoisotopic (exact) mass is 334 g/mol. The van der Waals surface area contributed by atoms with Gasteiger partial charge in [0.1, 0.15) is 5.69 Å². The molecular weight excluding hydrogens is 324 g/mol. The molecule has 3 N–H and O–H groups in total. The zero-order valence-corrected chi connectivity index (χ0v) is 12.3. The van der Waals surface area contributed by atoms with Crippen molar-refractivity contribution >= 4 is 32.8 Å². The van der Waals surface area contributed by atoms with Crippen molar-refractivity contribution in [3.63, 3.8) is 0 Å². The molecule has 3 aromatic rings. The molecule has 0 saturated heterocycles. The van der Waals surface area contributed by atoms with Crippen molar-refractivity contribution in [2.24, 2.45) is 0 Å². The highest BCUT2D eigenvalue weighted by atomic mass is 32.2. The van der Waals surface area contributed by atoms with E-state index < -0.39 is 25.6 Å². The first-order valence-electron chi connectivity index (χ1n) is 6.29. The number of nitro groups is 1. The van der Waals surface area contributed by atoms with Crippen LogP contribution in [0.3, 0.4) is 0 Å². The number of benzene rings is 2. The van der Waals surface area contributed by atoms with Crippen molar-refractivity contribution in [2.75, 3.05) is 5.73 Å². The second-order valence-electron chi connectivity index (χ2n) is 4.65. The number of hydrogen-bond acceptors (Lipinski definition) is 6. The van der Waals surface area contributed by atoms with E-state index in [4.69, 9.17) is 5.73 Å². The van der Waals surface area contributed by atoms with Crippen LogP contribution in [0.2, 0.25) is 0 Å². The molecule has 9 nitrogen and oxygen atoms in total. The molecule has 3 rings (SSSR count). The fraction of sp³-hybridized carbons (Fsp3) is 0. The average molecular weight is 334 g/mol. The third-order valence-electron chi connectivity index (χ3n) is 3.27. The maximum absolute atomic E-state index is 11.4. The Kier molecular flexibility index (Phi) is 3.27. The van der Waals surface area contributed by atoms with Crippen molar-refractivity contribution in [3.8, 4) is 5.69 Å². The number of para-hydroxylation sites is 3. The number of imidazole rings is 1. The fourth-order valence-corrected chi connectivity index (χ4v) is 3.05. The Hall–Kier alpha value is -2.98. The van der Waals surface area contributed by atoms with Gasteiger partial charge in [0, 0.05) is 0 Å². The molecule has 0 bridgehead atoms. The summed E-state index contributed by atoms with van der Waals surface area (Å²) in [4.78, 5) is 13.8. The lowest BCUT2D eigenvalue weighted by Crippen LogP contribution is -2.09. The first-order chi connectivity index (χ1) is 10.8. The zero-order chi connectivity index (χ0) is 16.8. The number of nitrogens with two attached hydrogens (primary N) is 1. The van der Waals surface area contributed by atoms with E-state index in [1.165, 1.54) is 16.7 Å². The smallest absolute Gasteiger partial charge is 0.314 e. The van der Waals surface area contributed by atoms with E-state index in [-0.39, 0.29) is 11.6 Å². The molecule has 0 saturated carbocycles. The molecule has 0 fully saturated rings. The van der Waals surface area contributed by atoms with Crippen LogP contribution in [0.25, 0.3) is 16.7 Å². The SMILES string of the molecule is Nc1nc2ccccc2n1-c1cccc(S(=O)(=O)O)c1[N+](=O)[O-]. The normalized spacial score (nSPS) is 11.7. The first-order valence-corrected chi connectivity index (χ1v) is 7.73. The molecule has 2 aromatic carbocycles. The van der Waals surface area contributed by atoms with Crippen LogP contribution in [0.15, 0.2) is 47.4 Å². The number of hydrogen-bond donors (Lipinski definition) is 2. The molecule has 1 aromatic heterocycles. The van der Waals surface area contributed by atoms with Crippen molar-refractivity contribution in [2.45, 2.75) is 4.90 Å². The average Bonchev–Trinajstić information content (AvgIpc) is 2.81. The van der Waals surface area contributed by atoms with Gasteiger partial charge in [-0.1, -0.05) is 18.2 Å². The Morgan fingerprint density at radius 1 is 1.17 bits per heavy atom. The molecule has 0 aliphatic heterocycles. The molecule has 0 atom stereocenters. The number of nitro benzene ring substituents is 1. The van der Waals surface area contributed by atoms with Gasteiger partial charge in [-0.15, -0.1) is 0 Å². The van der Waals surface area contributed by atoms with Crippen LogP contribution in [0.5, 0.6) is 0 Å². The van der Waals surface area contributed by atoms with Gasteiger partial charge in [-0.25, -0.2) is 4.98 Å². The Morgan fingerprint density at radius 3 is 2.52 bits per heavy atom. The predicted octanol–water partition coefficient (Wildman–Crippen LogP) is 1.76. The number of nitrogens with zero attached hydrogens (tertiary/aromatic N) is 3. The van der Waals surface area contributed by atoms with Crippen molar-refractivity contribution in [3.05, 3.63) is 52.6 Å². The van der Waals surface area contributed by atoms with Gasteiger partial charge < -0.3 is 5.73 Å². The number of fused-ring (bicyclic) bond motifs is 1. The lowest BCUT2D eigenvalue weighted by molar-refractivity contribution is -0.387. The van der Waals surface area contributed by atoms with Crippen molar-refractivity contribution in [1.29, 1.82) is 0 Å². The first kappa shape index (κ1) is 14.9. The van der Waals surface area contributed by atoms with Gasteiger partial charge in [-0.3, -0.25) is 19.2 Å². The summed E-state index contributed by atoms with van der Waals surface area (Å²) in [5.74, 6) is -0.0400. The molecule has 0 unspecified atom stereocenters. The lowest BCUT2D eigenvalue weighted by atomic mass is 10.2. The Labute approximate surface area is 129 Å². The van der Waals surface area contributed by atoms with Crippen LogP contribution in [0, 0.1) is 10.1 Å². The maximum atomic E-state index is 11.4. The largest absolute Gasteiger partial charge is 0.369 e. The Bertz CT molecular complexity index is 1040. The summed E-state index contributed by atoms with van der Waals surface area (Å²) in [6.45, 7) is 0. The minimum absolute atomic E-state index is 0.0400. The fourth-order valence-electron chi connectivity index (χ4n) is 2.38. The van der Waals surface area contributed by atoms with Crippen LogP contribution in [-0.2, 0) is 10.1 Å². The van der Waals surface area contributed by atoms with Gasteiger partial charge in [0.15, 0.2) is 4.90 Å². The van der Waals surface area contributed by atoms with E-state index in [2.05, 4.69) is 4.98 Å². The molecule has 118 valence electrons. The quantitative estimate of drug-likeness (QED) is 0.422. The molecule has 0 radical (unpaired) electrons. The van der Waals surface area contributed by atoms with Gasteiger partial charge in [-0.2, -0.15) is 8.42 Å². The highest BCUT2D eigenvalue weighted by Gasteiger charge is 2.29. The molecule has 0 spiro atoms. The van der Waals surface area contributed by atoms with Gasteiger partial charge >= 0.3 is 15.8 Å². The van der Waals surface area contributed by atoms with Gasteiger partial charge in [0.25, 0.3) is 0 Å². The summed E-state index contributed by atoms with van der Waals surface area (Å²) >= 11 is 0. The summed E-state index contributed by atoms with van der Waals surface area (Å²) in [5, 5.41) is 11.4. The van der Waals surface area contributed by atoms with Crippen molar-refractivity contribution < 1.29 is 17.9 Å². The van der Waals surface area contributed by atoms with Crippen LogP contribution < -0.4 is 5.73 Å². The molecule has 0 amide bonds. The molecule has 0 aliphatic carbocycles. The van der Waals surface area contributed by atoms with E-state index in [1.807, 2.05) is 0 Å². The van der Waals surface area contributed by atoms with Gasteiger partial charge in [0.2, 0.25) is 5.95 Å². The van der Waals surface area contributed by atoms with Crippen LogP contribution in [-0.4, -0.2) is 27.4 Å². The van der Waals surface area contributed by atoms with Crippen LogP contribution in [0.1, 0.15) is 0 Å². The van der Waals surface area contributed by atoms with Gasteiger partial charge in [0.05, 0.1) is 16.0 Å². The second kappa shape index (κ2) is 5.04. The van der Waals surface area contributed by atoms with Gasteiger partial charge in [-0.05, 0) is 24.3 Å². The summed E-state index contributed by atoms with van der Waals surface area (Å²) in [6, 6.07) is 10.3. The second-order valence-corrected chi connectivity index (χ2v) is 6.04. The number of nitrogen functional groups attached to an aromatic ring is 1. The Morgan fingerprint density at radius 2 is 1.87 bits per heavy atom. The zero-order valence-electron chi connectivity index (χ0n) is 11.4. The summed E-state index contributed by atoms with van der Waals surface area (Å²) in [7, 11) is -4.77. The maximum Gasteiger partial charge on any atom is 0.314 e. The van der Waals surface area contributed by atoms with E-state index in [0.29, 0.717) is 11.0 Å². The number of aromatic nitrogens is 2. The minimum Gasteiger partial charge on any atom is -0.369 e. The molecule has 1 heterocycles. The number of rotatable bonds is 3. The minimum atomic E-state index is -4.77. The van der Waals surface area contributed by atoms with Crippen molar-refractivity contribution in [1.82, 2.24) is 9.55 Å². The molecule has 10 heteroatoms. The van der Waals surface area contributed by atoms with E-state index in [0.717, 1.165) is 6.07 Å². The van der Waals surface area contributed by atoms with Crippen LogP contribution >= 0.6 is 0 Å². The predicted molar refractivity (Wildman–Crippen MR) is 82.0 cm³/mol. The van der Waals surface area contributed by atoms with Crippen LogP contribution in [0.4, 0.5) is 11.6 Å².